The molecule has 1 fully saturated rings. The average molecular weight is 296 g/mol. The molecule has 0 radical (unpaired) electrons. The molecule has 0 aromatic carbocycles. The van der Waals surface area contributed by atoms with Crippen LogP contribution in [0.2, 0.25) is 5.02 Å². The predicted molar refractivity (Wildman–Crippen MR) is 82.4 cm³/mol. The molecule has 0 bridgehead atoms. The Morgan fingerprint density at radius 2 is 2.05 bits per heavy atom. The van der Waals surface area contributed by atoms with Crippen LogP contribution in [0.3, 0.4) is 0 Å². The van der Waals surface area contributed by atoms with E-state index < -0.39 is 0 Å². The first-order valence-corrected chi connectivity index (χ1v) is 7.78. The van der Waals surface area contributed by atoms with Crippen LogP contribution in [0, 0.1) is 0 Å². The number of carbonyl (C=O) groups is 1. The third-order valence-electron chi connectivity index (χ3n) is 3.65. The lowest BCUT2D eigenvalue weighted by Crippen LogP contribution is -2.34. The van der Waals surface area contributed by atoms with E-state index in [9.17, 15) is 4.79 Å². The van der Waals surface area contributed by atoms with Crippen LogP contribution >= 0.6 is 11.6 Å². The summed E-state index contributed by atoms with van der Waals surface area (Å²) >= 11 is 6.09. The molecule has 1 aliphatic carbocycles. The molecule has 1 heterocycles. The van der Waals surface area contributed by atoms with Gasteiger partial charge in [-0.05, 0) is 25.8 Å². The molecule has 1 saturated carbocycles. The number of halogens is 1. The average Bonchev–Trinajstić information content (AvgIpc) is 2.70. The maximum Gasteiger partial charge on any atom is 0.253 e. The van der Waals surface area contributed by atoms with E-state index in [0.29, 0.717) is 16.4 Å². The Balaban J connectivity index is 2.05. The first kappa shape index (κ1) is 15.1. The van der Waals surface area contributed by atoms with Gasteiger partial charge in [0, 0.05) is 18.8 Å². The molecule has 1 amide bonds. The molecule has 0 spiro atoms. The highest BCUT2D eigenvalue weighted by Crippen LogP contribution is 2.21. The van der Waals surface area contributed by atoms with E-state index in [1.165, 1.54) is 31.9 Å². The van der Waals surface area contributed by atoms with Crippen LogP contribution in [0.25, 0.3) is 0 Å². The largest absolute Gasteiger partial charge is 0.370 e. The number of carbonyl (C=O) groups excluding carboxylic acids is 1. The number of hydrogen-bond acceptors (Lipinski definition) is 3. The van der Waals surface area contributed by atoms with Crippen molar-refractivity contribution in [2.24, 2.45) is 0 Å². The Hall–Kier alpha value is -1.29. The van der Waals surface area contributed by atoms with Crippen LogP contribution in [-0.2, 0) is 0 Å². The summed E-state index contributed by atoms with van der Waals surface area (Å²) in [6, 6.07) is 1.99. The predicted octanol–water partition coefficient (Wildman–Crippen LogP) is 3.62. The minimum Gasteiger partial charge on any atom is -0.370 e. The molecule has 110 valence electrons. The van der Waals surface area contributed by atoms with Crippen molar-refractivity contribution in [2.75, 3.05) is 11.9 Å². The van der Waals surface area contributed by atoms with E-state index in [4.69, 9.17) is 11.6 Å². The van der Waals surface area contributed by atoms with Gasteiger partial charge in [0.05, 0.1) is 10.6 Å². The molecule has 1 aromatic heterocycles. The zero-order valence-corrected chi connectivity index (χ0v) is 12.7. The van der Waals surface area contributed by atoms with E-state index in [0.717, 1.165) is 19.4 Å². The highest BCUT2D eigenvalue weighted by molar-refractivity contribution is 6.33. The Bertz CT molecular complexity index is 456. The fourth-order valence-corrected chi connectivity index (χ4v) is 2.77. The fourth-order valence-electron chi connectivity index (χ4n) is 2.58. The van der Waals surface area contributed by atoms with Gasteiger partial charge >= 0.3 is 0 Å². The summed E-state index contributed by atoms with van der Waals surface area (Å²) in [6.45, 7) is 2.75. The normalized spacial score (nSPS) is 16.5. The first-order chi connectivity index (χ1) is 9.70. The van der Waals surface area contributed by atoms with Gasteiger partial charge in [0.15, 0.2) is 0 Å². The molecule has 0 atom stereocenters. The summed E-state index contributed by atoms with van der Waals surface area (Å²) in [5.41, 5.74) is 0.502. The Morgan fingerprint density at radius 1 is 1.35 bits per heavy atom. The summed E-state index contributed by atoms with van der Waals surface area (Å²) in [6.07, 6.45) is 8.58. The number of nitrogens with one attached hydrogen (secondary N) is 2. The van der Waals surface area contributed by atoms with Crippen molar-refractivity contribution in [3.8, 4) is 0 Å². The van der Waals surface area contributed by atoms with Crippen molar-refractivity contribution >= 4 is 23.3 Å². The number of hydrogen-bond donors (Lipinski definition) is 2. The van der Waals surface area contributed by atoms with Crippen molar-refractivity contribution < 1.29 is 4.79 Å². The van der Waals surface area contributed by atoms with Crippen LogP contribution in [0.5, 0.6) is 0 Å². The van der Waals surface area contributed by atoms with Gasteiger partial charge in [-0.25, -0.2) is 4.98 Å². The Labute approximate surface area is 125 Å². The Morgan fingerprint density at radius 3 is 2.70 bits per heavy atom. The fraction of sp³-hybridized carbons (Fsp3) is 0.600. The molecule has 1 aromatic rings. The third-order valence-corrected chi connectivity index (χ3v) is 3.95. The van der Waals surface area contributed by atoms with Crippen molar-refractivity contribution in [2.45, 2.75) is 51.5 Å². The van der Waals surface area contributed by atoms with Gasteiger partial charge in [-0.2, -0.15) is 0 Å². The lowest BCUT2D eigenvalue weighted by molar-refractivity contribution is 0.0933. The van der Waals surface area contributed by atoms with Gasteiger partial charge in [0.2, 0.25) is 0 Å². The van der Waals surface area contributed by atoms with Gasteiger partial charge in [-0.15, -0.1) is 0 Å². The van der Waals surface area contributed by atoms with Gasteiger partial charge in [0.1, 0.15) is 5.82 Å². The lowest BCUT2D eigenvalue weighted by Gasteiger charge is -2.17. The van der Waals surface area contributed by atoms with E-state index >= 15 is 0 Å². The standard InChI is InChI=1S/C15H22ClN3O/c1-2-17-14-9-12(13(16)10-18-14)15(20)19-11-7-5-3-4-6-8-11/h9-11H,2-8H2,1H3,(H,17,18)(H,19,20). The topological polar surface area (TPSA) is 54.0 Å². The molecule has 5 heteroatoms. The van der Waals surface area contributed by atoms with Gasteiger partial charge in [-0.1, -0.05) is 37.3 Å². The zero-order chi connectivity index (χ0) is 14.4. The first-order valence-electron chi connectivity index (χ1n) is 7.41. The van der Waals surface area contributed by atoms with Gasteiger partial charge in [-0.3, -0.25) is 4.79 Å². The van der Waals surface area contributed by atoms with E-state index in [1.54, 1.807) is 6.07 Å². The maximum atomic E-state index is 12.4. The molecule has 2 rings (SSSR count). The number of amides is 1. The monoisotopic (exact) mass is 295 g/mol. The summed E-state index contributed by atoms with van der Waals surface area (Å²) in [7, 11) is 0. The highest BCUT2D eigenvalue weighted by Gasteiger charge is 2.18. The van der Waals surface area contributed by atoms with Gasteiger partial charge in [0.25, 0.3) is 5.91 Å². The molecule has 0 saturated heterocycles. The van der Waals surface area contributed by atoms with Crippen molar-refractivity contribution in [3.63, 3.8) is 0 Å². The number of aromatic nitrogens is 1. The maximum absolute atomic E-state index is 12.4. The van der Waals surface area contributed by atoms with Gasteiger partial charge < -0.3 is 10.6 Å². The SMILES string of the molecule is CCNc1cc(C(=O)NC2CCCCCC2)c(Cl)cn1. The minimum atomic E-state index is -0.0940. The summed E-state index contributed by atoms with van der Waals surface area (Å²) < 4.78 is 0. The number of pyridine rings is 1. The molecule has 4 nitrogen and oxygen atoms in total. The molecule has 0 aliphatic heterocycles. The van der Waals surface area contributed by atoms with E-state index in [2.05, 4.69) is 15.6 Å². The summed E-state index contributed by atoms with van der Waals surface area (Å²) in [4.78, 5) is 16.5. The second kappa shape index (κ2) is 7.48. The van der Waals surface area contributed by atoms with Crippen molar-refractivity contribution in [1.29, 1.82) is 0 Å². The number of rotatable bonds is 4. The minimum absolute atomic E-state index is 0.0940. The van der Waals surface area contributed by atoms with Crippen LogP contribution < -0.4 is 10.6 Å². The number of nitrogens with zero attached hydrogens (tertiary/aromatic N) is 1. The quantitative estimate of drug-likeness (QED) is 0.834. The van der Waals surface area contributed by atoms with Crippen LogP contribution in [0.1, 0.15) is 55.8 Å². The summed E-state index contributed by atoms with van der Waals surface area (Å²) in [5.74, 6) is 0.589. The second-order valence-electron chi connectivity index (χ2n) is 5.24. The molecule has 20 heavy (non-hydrogen) atoms. The van der Waals surface area contributed by atoms with Crippen molar-refractivity contribution in [1.82, 2.24) is 10.3 Å². The smallest absolute Gasteiger partial charge is 0.253 e. The van der Waals surface area contributed by atoms with E-state index in [1.807, 2.05) is 6.92 Å². The zero-order valence-electron chi connectivity index (χ0n) is 11.9. The van der Waals surface area contributed by atoms with Crippen LogP contribution in [-0.4, -0.2) is 23.5 Å². The van der Waals surface area contributed by atoms with Crippen LogP contribution in [0.4, 0.5) is 5.82 Å². The molecule has 0 unspecified atom stereocenters. The van der Waals surface area contributed by atoms with Crippen LogP contribution in [0.15, 0.2) is 12.3 Å². The summed E-state index contributed by atoms with van der Waals surface area (Å²) in [5, 5.41) is 6.60. The number of anilines is 1. The molecular weight excluding hydrogens is 274 g/mol. The lowest BCUT2D eigenvalue weighted by atomic mass is 10.1. The molecule has 1 aliphatic rings. The van der Waals surface area contributed by atoms with E-state index in [-0.39, 0.29) is 11.9 Å². The van der Waals surface area contributed by atoms with Crippen molar-refractivity contribution in [3.05, 3.63) is 22.8 Å². The molecule has 2 N–H and O–H groups in total. The second-order valence-corrected chi connectivity index (χ2v) is 5.65. The Kier molecular flexibility index (Phi) is 5.65. The highest BCUT2D eigenvalue weighted by atomic mass is 35.5. The molecular formula is C15H22ClN3O. The third kappa shape index (κ3) is 4.10.